The molecule has 0 saturated carbocycles. The second-order valence-electron chi connectivity index (χ2n) is 4.90. The van der Waals surface area contributed by atoms with Gasteiger partial charge >= 0.3 is 0 Å². The molecule has 0 aliphatic carbocycles. The van der Waals surface area contributed by atoms with Crippen LogP contribution in [0.25, 0.3) is 0 Å². The van der Waals surface area contributed by atoms with Crippen molar-refractivity contribution in [2.24, 2.45) is 5.92 Å². The van der Waals surface area contributed by atoms with Gasteiger partial charge in [0.1, 0.15) is 0 Å². The molecular formula is C11H21NO2. The van der Waals surface area contributed by atoms with Crippen LogP contribution in [0.2, 0.25) is 0 Å². The lowest BCUT2D eigenvalue weighted by atomic mass is 10.00. The summed E-state index contributed by atoms with van der Waals surface area (Å²) in [7, 11) is 0. The quantitative estimate of drug-likeness (QED) is 0.716. The fraction of sp³-hybridized carbons (Fsp3) is 1.00. The normalized spacial score (nSPS) is 36.0. The molecule has 3 atom stereocenters. The van der Waals surface area contributed by atoms with Gasteiger partial charge in [-0.05, 0) is 25.3 Å². The van der Waals surface area contributed by atoms with E-state index in [2.05, 4.69) is 4.90 Å². The van der Waals surface area contributed by atoms with Crippen LogP contribution in [0.15, 0.2) is 0 Å². The van der Waals surface area contributed by atoms with Gasteiger partial charge in [-0.2, -0.15) is 0 Å². The third-order valence-electron chi connectivity index (χ3n) is 3.48. The molecule has 2 aliphatic rings. The Kier molecular flexibility index (Phi) is 3.10. The highest BCUT2D eigenvalue weighted by Crippen LogP contribution is 2.25. The van der Waals surface area contributed by atoms with Gasteiger partial charge in [0.05, 0.1) is 18.8 Å². The summed E-state index contributed by atoms with van der Waals surface area (Å²) in [6.45, 7) is 7.02. The smallest absolute Gasteiger partial charge is 0.0963 e. The summed E-state index contributed by atoms with van der Waals surface area (Å²) in [5.74, 6) is 0.291. The molecule has 2 saturated heterocycles. The summed E-state index contributed by atoms with van der Waals surface area (Å²) in [5.41, 5.74) is 0. The molecule has 0 aromatic rings. The molecule has 3 heteroatoms. The van der Waals surface area contributed by atoms with E-state index in [9.17, 15) is 5.11 Å². The number of aliphatic hydroxyl groups excluding tert-OH is 1. The zero-order valence-corrected chi connectivity index (χ0v) is 9.15. The predicted molar refractivity (Wildman–Crippen MR) is 55.2 cm³/mol. The molecule has 2 heterocycles. The first-order chi connectivity index (χ1) is 6.68. The number of hydrogen-bond acceptors (Lipinski definition) is 3. The predicted octanol–water partition coefficient (Wildman–Crippen LogP) is 0.866. The van der Waals surface area contributed by atoms with Gasteiger partial charge in [0.25, 0.3) is 0 Å². The third-order valence-corrected chi connectivity index (χ3v) is 3.48. The van der Waals surface area contributed by atoms with E-state index >= 15 is 0 Å². The molecule has 1 N–H and O–H groups in total. The van der Waals surface area contributed by atoms with Crippen molar-refractivity contribution in [1.29, 1.82) is 0 Å². The molecule has 2 rings (SSSR count). The third kappa shape index (κ3) is 1.95. The second-order valence-corrected chi connectivity index (χ2v) is 4.90. The summed E-state index contributed by atoms with van der Waals surface area (Å²) in [4.78, 5) is 2.47. The van der Waals surface area contributed by atoms with Crippen molar-refractivity contribution in [3.05, 3.63) is 0 Å². The van der Waals surface area contributed by atoms with Crippen LogP contribution in [0, 0.1) is 5.92 Å². The summed E-state index contributed by atoms with van der Waals surface area (Å²) in [5, 5.41) is 9.92. The Morgan fingerprint density at radius 3 is 2.93 bits per heavy atom. The molecule has 0 radical (unpaired) electrons. The van der Waals surface area contributed by atoms with Crippen LogP contribution in [0.5, 0.6) is 0 Å². The highest BCUT2D eigenvalue weighted by atomic mass is 16.5. The van der Waals surface area contributed by atoms with Gasteiger partial charge in [-0.15, -0.1) is 0 Å². The van der Waals surface area contributed by atoms with E-state index in [0.29, 0.717) is 12.0 Å². The average molecular weight is 199 g/mol. The Labute approximate surface area is 86.0 Å². The maximum Gasteiger partial charge on any atom is 0.0963 e. The Bertz CT molecular complexity index is 196. The summed E-state index contributed by atoms with van der Waals surface area (Å²) >= 11 is 0. The van der Waals surface area contributed by atoms with E-state index in [0.717, 1.165) is 13.2 Å². The van der Waals surface area contributed by atoms with Crippen molar-refractivity contribution in [3.8, 4) is 0 Å². The molecule has 2 aliphatic heterocycles. The number of rotatable bonds is 2. The summed E-state index contributed by atoms with van der Waals surface area (Å²) in [6.07, 6.45) is 2.28. The largest absolute Gasteiger partial charge is 0.390 e. The van der Waals surface area contributed by atoms with Crippen LogP contribution in [0.4, 0.5) is 0 Å². The van der Waals surface area contributed by atoms with Crippen LogP contribution in [-0.4, -0.2) is 48.0 Å². The molecular weight excluding hydrogens is 178 g/mol. The number of nitrogens with zero attached hydrogens (tertiary/aromatic N) is 1. The van der Waals surface area contributed by atoms with Gasteiger partial charge in [0, 0.05) is 12.6 Å². The average Bonchev–Trinajstić information content (AvgIpc) is 2.62. The van der Waals surface area contributed by atoms with Gasteiger partial charge in [0.15, 0.2) is 0 Å². The molecule has 0 aromatic heterocycles. The van der Waals surface area contributed by atoms with E-state index in [4.69, 9.17) is 4.74 Å². The Morgan fingerprint density at radius 2 is 2.21 bits per heavy atom. The lowest BCUT2D eigenvalue weighted by Crippen LogP contribution is -2.51. The Morgan fingerprint density at radius 1 is 1.43 bits per heavy atom. The number of fused-ring (bicyclic) bond motifs is 1. The Balaban J connectivity index is 1.91. The first-order valence-electron chi connectivity index (χ1n) is 5.72. The van der Waals surface area contributed by atoms with Gasteiger partial charge in [-0.25, -0.2) is 0 Å². The van der Waals surface area contributed by atoms with Gasteiger partial charge in [0.2, 0.25) is 0 Å². The fourth-order valence-corrected chi connectivity index (χ4v) is 2.48. The van der Waals surface area contributed by atoms with Gasteiger partial charge in [-0.3, -0.25) is 4.90 Å². The van der Waals surface area contributed by atoms with Crippen LogP contribution in [0.1, 0.15) is 26.7 Å². The van der Waals surface area contributed by atoms with E-state index in [-0.39, 0.29) is 12.2 Å². The number of morpholine rings is 1. The molecule has 14 heavy (non-hydrogen) atoms. The van der Waals surface area contributed by atoms with Crippen molar-refractivity contribution in [1.82, 2.24) is 4.90 Å². The molecule has 0 amide bonds. The zero-order valence-electron chi connectivity index (χ0n) is 9.15. The van der Waals surface area contributed by atoms with Crippen LogP contribution in [0.3, 0.4) is 0 Å². The standard InChI is InChI=1S/C11H21NO2/c1-8(2)11(13)10-6-12-5-3-4-9(12)7-14-10/h8-11,13H,3-7H2,1-2H3. The van der Waals surface area contributed by atoms with E-state index in [1.54, 1.807) is 0 Å². The van der Waals surface area contributed by atoms with E-state index < -0.39 is 0 Å². The number of aliphatic hydroxyl groups is 1. The van der Waals surface area contributed by atoms with Crippen molar-refractivity contribution >= 4 is 0 Å². The lowest BCUT2D eigenvalue weighted by Gasteiger charge is -2.38. The van der Waals surface area contributed by atoms with Crippen LogP contribution < -0.4 is 0 Å². The molecule has 3 nitrogen and oxygen atoms in total. The van der Waals surface area contributed by atoms with Crippen molar-refractivity contribution < 1.29 is 9.84 Å². The zero-order chi connectivity index (χ0) is 10.1. The maximum atomic E-state index is 9.92. The van der Waals surface area contributed by atoms with E-state index in [1.165, 1.54) is 19.4 Å². The highest BCUT2D eigenvalue weighted by molar-refractivity contribution is 4.88. The molecule has 0 aromatic carbocycles. The second kappa shape index (κ2) is 4.17. The molecule has 0 bridgehead atoms. The Hall–Kier alpha value is -0.120. The minimum atomic E-state index is -0.309. The maximum absolute atomic E-state index is 9.92. The minimum Gasteiger partial charge on any atom is -0.390 e. The van der Waals surface area contributed by atoms with Crippen molar-refractivity contribution in [3.63, 3.8) is 0 Å². The number of ether oxygens (including phenoxy) is 1. The highest BCUT2D eigenvalue weighted by Gasteiger charge is 2.35. The summed E-state index contributed by atoms with van der Waals surface area (Å²) in [6, 6.07) is 0.630. The molecule has 82 valence electrons. The fourth-order valence-electron chi connectivity index (χ4n) is 2.48. The van der Waals surface area contributed by atoms with Gasteiger partial charge < -0.3 is 9.84 Å². The SMILES string of the molecule is CC(C)C(O)C1CN2CCCC2CO1. The lowest BCUT2D eigenvalue weighted by molar-refractivity contribution is -0.113. The molecule has 3 unspecified atom stereocenters. The van der Waals surface area contributed by atoms with Crippen molar-refractivity contribution in [2.45, 2.75) is 44.9 Å². The summed E-state index contributed by atoms with van der Waals surface area (Å²) < 4.78 is 5.72. The van der Waals surface area contributed by atoms with Crippen LogP contribution >= 0.6 is 0 Å². The number of hydrogen-bond donors (Lipinski definition) is 1. The van der Waals surface area contributed by atoms with Crippen LogP contribution in [-0.2, 0) is 4.74 Å². The monoisotopic (exact) mass is 199 g/mol. The first kappa shape index (κ1) is 10.4. The topological polar surface area (TPSA) is 32.7 Å². The van der Waals surface area contributed by atoms with E-state index in [1.807, 2.05) is 13.8 Å². The molecule has 0 spiro atoms. The molecule has 2 fully saturated rings. The first-order valence-corrected chi connectivity index (χ1v) is 5.72. The van der Waals surface area contributed by atoms with Crippen molar-refractivity contribution in [2.75, 3.05) is 19.7 Å². The minimum absolute atomic E-state index is 0.0318. The van der Waals surface area contributed by atoms with Gasteiger partial charge in [-0.1, -0.05) is 13.8 Å².